The molecular formula is C4H4Cl3N3. The summed E-state index contributed by atoms with van der Waals surface area (Å²) in [6.45, 7) is 1.76. The lowest BCUT2D eigenvalue weighted by Crippen LogP contribution is -2.29. The third-order valence-corrected chi connectivity index (χ3v) is 1.96. The monoisotopic (exact) mass is 199 g/mol. The van der Waals surface area contributed by atoms with Crippen LogP contribution in [0.1, 0.15) is 6.92 Å². The molecule has 0 fully saturated rings. The van der Waals surface area contributed by atoms with Crippen molar-refractivity contribution in [3.63, 3.8) is 0 Å². The number of amidine groups is 2. The molecular weight excluding hydrogens is 196 g/mol. The molecule has 0 saturated carbocycles. The van der Waals surface area contributed by atoms with E-state index in [9.17, 15) is 0 Å². The van der Waals surface area contributed by atoms with Crippen molar-refractivity contribution in [3.05, 3.63) is 0 Å². The van der Waals surface area contributed by atoms with Crippen LogP contribution in [0.25, 0.3) is 0 Å². The standard InChI is InChI=1S/C4H4Cl3N3/c1-2-8-3(5)9-4(6)10(2)7/h2H,1H3. The van der Waals surface area contributed by atoms with Crippen molar-refractivity contribution in [2.75, 3.05) is 0 Å². The molecule has 0 amide bonds. The maximum atomic E-state index is 5.59. The third kappa shape index (κ3) is 1.54. The van der Waals surface area contributed by atoms with Crippen LogP contribution in [0.15, 0.2) is 9.98 Å². The second-order valence-electron chi connectivity index (χ2n) is 1.72. The van der Waals surface area contributed by atoms with Gasteiger partial charge < -0.3 is 0 Å². The van der Waals surface area contributed by atoms with Crippen LogP contribution in [0.3, 0.4) is 0 Å². The summed E-state index contributed by atoms with van der Waals surface area (Å²) in [5, 5.41) is 0.281. The molecule has 0 spiro atoms. The van der Waals surface area contributed by atoms with Crippen molar-refractivity contribution in [3.8, 4) is 0 Å². The number of hydrogen-bond acceptors (Lipinski definition) is 3. The molecule has 0 aliphatic carbocycles. The maximum absolute atomic E-state index is 5.59. The number of nitrogens with zero attached hydrogens (tertiary/aromatic N) is 3. The molecule has 0 aromatic heterocycles. The van der Waals surface area contributed by atoms with Crippen LogP contribution >= 0.6 is 35.0 Å². The first-order chi connectivity index (χ1) is 4.61. The van der Waals surface area contributed by atoms with E-state index in [0.29, 0.717) is 0 Å². The normalized spacial score (nSPS) is 26.0. The average molecular weight is 200 g/mol. The first kappa shape index (κ1) is 8.11. The predicted octanol–water partition coefficient (Wildman–Crippen LogP) is 1.99. The fraction of sp³-hybridized carbons (Fsp3) is 0.500. The zero-order chi connectivity index (χ0) is 7.72. The highest BCUT2D eigenvalue weighted by atomic mass is 35.5. The van der Waals surface area contributed by atoms with E-state index in [1.54, 1.807) is 6.92 Å². The van der Waals surface area contributed by atoms with E-state index in [4.69, 9.17) is 35.0 Å². The lowest BCUT2D eigenvalue weighted by molar-refractivity contribution is 0.517. The van der Waals surface area contributed by atoms with Gasteiger partial charge in [-0.1, -0.05) is 0 Å². The summed E-state index contributed by atoms with van der Waals surface area (Å²) in [5.41, 5.74) is 0. The van der Waals surface area contributed by atoms with Gasteiger partial charge in [-0.15, -0.1) is 0 Å². The van der Waals surface area contributed by atoms with Crippen LogP contribution < -0.4 is 0 Å². The summed E-state index contributed by atoms with van der Waals surface area (Å²) in [7, 11) is 0. The van der Waals surface area contributed by atoms with E-state index >= 15 is 0 Å². The molecule has 0 radical (unpaired) electrons. The van der Waals surface area contributed by atoms with Gasteiger partial charge >= 0.3 is 0 Å². The molecule has 0 aromatic carbocycles. The van der Waals surface area contributed by atoms with Crippen molar-refractivity contribution >= 4 is 45.6 Å². The Kier molecular flexibility index (Phi) is 2.39. The predicted molar refractivity (Wildman–Crippen MR) is 43.7 cm³/mol. The first-order valence-corrected chi connectivity index (χ1v) is 3.63. The van der Waals surface area contributed by atoms with E-state index in [-0.39, 0.29) is 16.8 Å². The Balaban J connectivity index is 2.85. The Bertz CT molecular complexity index is 200. The Morgan fingerprint density at radius 3 is 2.60 bits per heavy atom. The lowest BCUT2D eigenvalue weighted by Gasteiger charge is -2.20. The van der Waals surface area contributed by atoms with Crippen molar-refractivity contribution in [2.24, 2.45) is 9.98 Å². The van der Waals surface area contributed by atoms with Crippen molar-refractivity contribution in [2.45, 2.75) is 13.1 Å². The molecule has 0 N–H and O–H groups in total. The molecule has 1 unspecified atom stereocenters. The summed E-state index contributed by atoms with van der Waals surface area (Å²) in [4.78, 5) is 7.42. The van der Waals surface area contributed by atoms with Crippen molar-refractivity contribution in [1.82, 2.24) is 4.42 Å². The van der Waals surface area contributed by atoms with Crippen LogP contribution in [0, 0.1) is 0 Å². The molecule has 1 rings (SSSR count). The smallest absolute Gasteiger partial charge is 0.222 e. The minimum atomic E-state index is -0.251. The van der Waals surface area contributed by atoms with E-state index in [1.165, 1.54) is 4.42 Å². The molecule has 10 heavy (non-hydrogen) atoms. The van der Waals surface area contributed by atoms with Gasteiger partial charge in [0.15, 0.2) is 0 Å². The number of hydrogen-bond donors (Lipinski definition) is 0. The molecule has 0 saturated heterocycles. The highest BCUT2D eigenvalue weighted by Crippen LogP contribution is 2.15. The zero-order valence-electron chi connectivity index (χ0n) is 5.05. The molecule has 1 atom stereocenters. The minimum absolute atomic E-state index is 0.134. The molecule has 1 aliphatic heterocycles. The summed E-state index contributed by atoms with van der Waals surface area (Å²) in [6.07, 6.45) is -0.251. The Hall–Kier alpha value is 0.01000. The Morgan fingerprint density at radius 2 is 2.10 bits per heavy atom. The van der Waals surface area contributed by atoms with Crippen LogP contribution in [-0.2, 0) is 0 Å². The molecule has 56 valence electrons. The second-order valence-corrected chi connectivity index (χ2v) is 2.76. The first-order valence-electron chi connectivity index (χ1n) is 2.54. The van der Waals surface area contributed by atoms with Gasteiger partial charge in [0.25, 0.3) is 0 Å². The van der Waals surface area contributed by atoms with E-state index in [1.807, 2.05) is 0 Å². The van der Waals surface area contributed by atoms with Gasteiger partial charge in [-0.3, -0.25) is 0 Å². The highest BCUT2D eigenvalue weighted by molar-refractivity contribution is 6.73. The largest absolute Gasteiger partial charge is 0.235 e. The summed E-state index contributed by atoms with van der Waals surface area (Å²) in [6, 6.07) is 0. The quantitative estimate of drug-likeness (QED) is 0.434. The van der Waals surface area contributed by atoms with Crippen LogP contribution in [0.5, 0.6) is 0 Å². The van der Waals surface area contributed by atoms with E-state index in [0.717, 1.165) is 0 Å². The number of aliphatic imine (C=N–C) groups is 2. The molecule has 1 aliphatic rings. The Labute approximate surface area is 73.4 Å². The Morgan fingerprint density at radius 1 is 1.50 bits per heavy atom. The van der Waals surface area contributed by atoms with Crippen LogP contribution in [-0.4, -0.2) is 21.2 Å². The van der Waals surface area contributed by atoms with Crippen molar-refractivity contribution < 1.29 is 0 Å². The summed E-state index contributed by atoms with van der Waals surface area (Å²) < 4.78 is 1.20. The fourth-order valence-electron chi connectivity index (χ4n) is 0.512. The van der Waals surface area contributed by atoms with E-state index in [2.05, 4.69) is 9.98 Å². The molecule has 1 heterocycles. The molecule has 0 bridgehead atoms. The third-order valence-electron chi connectivity index (χ3n) is 0.982. The highest BCUT2D eigenvalue weighted by Gasteiger charge is 2.18. The van der Waals surface area contributed by atoms with Crippen molar-refractivity contribution in [1.29, 1.82) is 0 Å². The minimum Gasteiger partial charge on any atom is -0.235 e. The lowest BCUT2D eigenvalue weighted by atomic mass is 10.6. The van der Waals surface area contributed by atoms with Gasteiger partial charge in [-0.25, -0.2) is 9.41 Å². The van der Waals surface area contributed by atoms with Gasteiger partial charge in [0.2, 0.25) is 10.6 Å². The van der Waals surface area contributed by atoms with Crippen LogP contribution in [0.2, 0.25) is 0 Å². The van der Waals surface area contributed by atoms with Gasteiger partial charge in [-0.2, -0.15) is 4.99 Å². The zero-order valence-corrected chi connectivity index (χ0v) is 7.32. The number of rotatable bonds is 0. The van der Waals surface area contributed by atoms with E-state index < -0.39 is 0 Å². The van der Waals surface area contributed by atoms with Gasteiger partial charge in [-0.05, 0) is 30.1 Å². The summed E-state index contributed by atoms with van der Waals surface area (Å²) in [5.74, 6) is 0. The van der Waals surface area contributed by atoms with Crippen LogP contribution in [0.4, 0.5) is 0 Å². The van der Waals surface area contributed by atoms with Gasteiger partial charge in [0, 0.05) is 11.8 Å². The molecule has 6 heteroatoms. The van der Waals surface area contributed by atoms with Gasteiger partial charge in [0.1, 0.15) is 6.17 Å². The van der Waals surface area contributed by atoms with Gasteiger partial charge in [0.05, 0.1) is 0 Å². The summed E-state index contributed by atoms with van der Waals surface area (Å²) >= 11 is 16.6. The SMILES string of the molecule is CC1N=C(Cl)N=C(Cl)N1Cl. The fourth-order valence-corrected chi connectivity index (χ4v) is 1.08. The maximum Gasteiger partial charge on any atom is 0.222 e. The number of halogens is 3. The molecule has 3 nitrogen and oxygen atoms in total. The average Bonchev–Trinajstić information content (AvgIpc) is 1.82. The molecule has 0 aromatic rings. The topological polar surface area (TPSA) is 28.0 Å². The second kappa shape index (κ2) is 2.95.